The summed E-state index contributed by atoms with van der Waals surface area (Å²) in [6.07, 6.45) is 8.39. The fourth-order valence-corrected chi connectivity index (χ4v) is 0.922. The van der Waals surface area contributed by atoms with Gasteiger partial charge in [0.25, 0.3) is 0 Å². The molecule has 0 fully saturated rings. The first-order chi connectivity index (χ1) is 5.25. The predicted molar refractivity (Wildman–Crippen MR) is 46.0 cm³/mol. The standard InChI is InChI=1S/C10H10O/c1-4-5-10-9(8(2)3)6-7-11-10/h1,5-7H,2-3H3/b10-5+. The lowest BCUT2D eigenvalue weighted by molar-refractivity contribution is 0.531. The first-order valence-corrected chi connectivity index (χ1v) is 3.43. The zero-order valence-electron chi connectivity index (χ0n) is 6.72. The van der Waals surface area contributed by atoms with Crippen LogP contribution in [0.1, 0.15) is 13.8 Å². The van der Waals surface area contributed by atoms with Crippen LogP contribution in [0.15, 0.2) is 16.7 Å². The quantitative estimate of drug-likeness (QED) is 0.495. The van der Waals surface area contributed by atoms with Gasteiger partial charge in [-0.1, -0.05) is 11.5 Å². The molecule has 0 amide bonds. The van der Waals surface area contributed by atoms with Gasteiger partial charge >= 0.3 is 0 Å². The second-order valence-electron chi connectivity index (χ2n) is 2.51. The van der Waals surface area contributed by atoms with Crippen molar-refractivity contribution in [3.63, 3.8) is 0 Å². The molecule has 1 rings (SSSR count). The molecule has 0 bridgehead atoms. The largest absolute Gasteiger partial charge is 0.464 e. The summed E-state index contributed by atoms with van der Waals surface area (Å²) < 4.78 is 5.15. The molecule has 0 aliphatic carbocycles. The number of hydrogen-bond donors (Lipinski definition) is 0. The van der Waals surface area contributed by atoms with Crippen LogP contribution in [0.2, 0.25) is 0 Å². The van der Waals surface area contributed by atoms with Gasteiger partial charge < -0.3 is 4.42 Å². The third-order valence-electron chi connectivity index (χ3n) is 1.45. The molecule has 1 aromatic heterocycles. The van der Waals surface area contributed by atoms with Crippen LogP contribution in [-0.2, 0) is 0 Å². The second-order valence-corrected chi connectivity index (χ2v) is 2.51. The molecular formula is C10H10O. The van der Waals surface area contributed by atoms with Crippen LogP contribution >= 0.6 is 0 Å². The number of hydrogen-bond acceptors (Lipinski definition) is 1. The van der Waals surface area contributed by atoms with Crippen LogP contribution in [0.25, 0.3) is 11.6 Å². The van der Waals surface area contributed by atoms with Gasteiger partial charge in [0, 0.05) is 11.3 Å². The van der Waals surface area contributed by atoms with Gasteiger partial charge in [-0.05, 0) is 19.9 Å². The Morgan fingerprint density at radius 1 is 1.64 bits per heavy atom. The number of furan rings is 1. The van der Waals surface area contributed by atoms with Gasteiger partial charge in [0.2, 0.25) is 0 Å². The van der Waals surface area contributed by atoms with E-state index in [4.69, 9.17) is 10.8 Å². The van der Waals surface area contributed by atoms with Crippen LogP contribution in [0, 0.1) is 12.3 Å². The molecule has 11 heavy (non-hydrogen) atoms. The molecule has 0 spiro atoms. The van der Waals surface area contributed by atoms with Crippen molar-refractivity contribution >= 4 is 11.6 Å². The summed E-state index contributed by atoms with van der Waals surface area (Å²) in [6, 6.07) is 1.92. The van der Waals surface area contributed by atoms with Crippen LogP contribution in [0.3, 0.4) is 0 Å². The predicted octanol–water partition coefficient (Wildman–Crippen LogP) is 0.884. The summed E-state index contributed by atoms with van der Waals surface area (Å²) >= 11 is 0. The molecule has 0 saturated carbocycles. The molecule has 1 nitrogen and oxygen atoms in total. The fraction of sp³-hybridized carbons (Fsp3) is 0.200. The van der Waals surface area contributed by atoms with Crippen molar-refractivity contribution in [3.05, 3.63) is 23.0 Å². The molecule has 0 aliphatic heterocycles. The first-order valence-electron chi connectivity index (χ1n) is 3.43. The molecule has 0 unspecified atom stereocenters. The zero-order valence-corrected chi connectivity index (χ0v) is 6.72. The highest BCUT2D eigenvalue weighted by Crippen LogP contribution is 1.82. The Balaban J connectivity index is 3.56. The third-order valence-corrected chi connectivity index (χ3v) is 1.45. The van der Waals surface area contributed by atoms with E-state index in [0.29, 0.717) is 0 Å². The second kappa shape index (κ2) is 3.12. The van der Waals surface area contributed by atoms with Crippen molar-refractivity contribution in [2.45, 2.75) is 13.8 Å². The number of rotatable bonds is 0. The average molecular weight is 146 g/mol. The van der Waals surface area contributed by atoms with E-state index in [1.807, 2.05) is 19.9 Å². The van der Waals surface area contributed by atoms with Gasteiger partial charge in [0.1, 0.15) is 5.42 Å². The van der Waals surface area contributed by atoms with E-state index in [9.17, 15) is 0 Å². The SMILES string of the molecule is C#C/C=c1/occc1=C(C)C. The summed E-state index contributed by atoms with van der Waals surface area (Å²) in [4.78, 5) is 0. The molecule has 56 valence electrons. The Morgan fingerprint density at radius 3 is 2.91 bits per heavy atom. The van der Waals surface area contributed by atoms with E-state index in [2.05, 4.69) is 5.92 Å². The van der Waals surface area contributed by atoms with Gasteiger partial charge in [-0.3, -0.25) is 0 Å². The fourth-order valence-electron chi connectivity index (χ4n) is 0.922. The van der Waals surface area contributed by atoms with Gasteiger partial charge in [-0.2, -0.15) is 0 Å². The molecule has 0 aliphatic rings. The normalized spacial score (nSPS) is 11.2. The minimum atomic E-state index is 0.771. The first kappa shape index (κ1) is 7.68. The van der Waals surface area contributed by atoms with Crippen molar-refractivity contribution in [1.82, 2.24) is 0 Å². The van der Waals surface area contributed by atoms with Crippen LogP contribution < -0.4 is 10.6 Å². The molecule has 1 heterocycles. The highest BCUT2D eigenvalue weighted by Gasteiger charge is 1.88. The molecule has 0 saturated heterocycles. The molecule has 1 aromatic rings. The Bertz CT molecular complexity index is 383. The van der Waals surface area contributed by atoms with E-state index in [0.717, 1.165) is 10.6 Å². The van der Waals surface area contributed by atoms with E-state index in [-0.39, 0.29) is 0 Å². The summed E-state index contributed by atoms with van der Waals surface area (Å²) in [5, 5.41) is 1.09. The molecule has 0 atom stereocenters. The topological polar surface area (TPSA) is 13.1 Å². The van der Waals surface area contributed by atoms with Crippen molar-refractivity contribution in [1.29, 1.82) is 0 Å². The number of terminal acetylenes is 1. The molecule has 0 N–H and O–H groups in total. The van der Waals surface area contributed by atoms with Gasteiger partial charge in [-0.25, -0.2) is 0 Å². The van der Waals surface area contributed by atoms with Gasteiger partial charge in [0.15, 0.2) is 0 Å². The highest BCUT2D eigenvalue weighted by molar-refractivity contribution is 5.45. The summed E-state index contributed by atoms with van der Waals surface area (Å²) in [7, 11) is 0. The van der Waals surface area contributed by atoms with E-state index < -0.39 is 0 Å². The highest BCUT2D eigenvalue weighted by atomic mass is 16.3. The molecule has 0 radical (unpaired) electrons. The van der Waals surface area contributed by atoms with E-state index in [1.54, 1.807) is 12.3 Å². The Kier molecular flexibility index (Phi) is 2.18. The average Bonchev–Trinajstić information content (AvgIpc) is 2.36. The van der Waals surface area contributed by atoms with Crippen LogP contribution in [0.5, 0.6) is 0 Å². The van der Waals surface area contributed by atoms with E-state index >= 15 is 0 Å². The lowest BCUT2D eigenvalue weighted by atomic mass is 10.2. The maximum absolute atomic E-state index is 5.15. The monoisotopic (exact) mass is 146 g/mol. The summed E-state index contributed by atoms with van der Waals surface area (Å²) in [5.41, 5.74) is 1.98. The Labute approximate surface area is 66.0 Å². The lowest BCUT2D eigenvalue weighted by Crippen LogP contribution is -2.20. The molecule has 1 heteroatoms. The Hall–Kier alpha value is -1.42. The summed E-state index contributed by atoms with van der Waals surface area (Å²) in [5.74, 6) is 2.43. The van der Waals surface area contributed by atoms with Crippen LogP contribution in [0.4, 0.5) is 0 Å². The minimum Gasteiger partial charge on any atom is -0.464 e. The summed E-state index contributed by atoms with van der Waals surface area (Å²) in [6.45, 7) is 4.05. The van der Waals surface area contributed by atoms with Gasteiger partial charge in [0.05, 0.1) is 6.26 Å². The molecular weight excluding hydrogens is 136 g/mol. The van der Waals surface area contributed by atoms with Crippen molar-refractivity contribution < 1.29 is 4.42 Å². The maximum Gasteiger partial charge on any atom is 0.142 e. The third kappa shape index (κ3) is 1.53. The van der Waals surface area contributed by atoms with Crippen molar-refractivity contribution in [2.24, 2.45) is 0 Å². The van der Waals surface area contributed by atoms with E-state index in [1.165, 1.54) is 5.57 Å². The van der Waals surface area contributed by atoms with Crippen LogP contribution in [-0.4, -0.2) is 0 Å². The molecule has 0 aromatic carbocycles. The van der Waals surface area contributed by atoms with Crippen molar-refractivity contribution in [3.8, 4) is 12.3 Å². The zero-order chi connectivity index (χ0) is 8.27. The lowest BCUT2D eigenvalue weighted by Gasteiger charge is -1.81. The Morgan fingerprint density at radius 2 is 2.36 bits per heavy atom. The smallest absolute Gasteiger partial charge is 0.142 e. The maximum atomic E-state index is 5.15. The minimum absolute atomic E-state index is 0.771. The van der Waals surface area contributed by atoms with Crippen molar-refractivity contribution in [2.75, 3.05) is 0 Å². The van der Waals surface area contributed by atoms with Gasteiger partial charge in [-0.15, -0.1) is 6.42 Å².